The minimum absolute atomic E-state index is 0.0371. The number of ether oxygens (including phenoxy) is 1. The van der Waals surface area contributed by atoms with Gasteiger partial charge in [-0.1, -0.05) is 12.1 Å². The van der Waals surface area contributed by atoms with Crippen LogP contribution in [-0.4, -0.2) is 60.1 Å². The Morgan fingerprint density at radius 3 is 2.64 bits per heavy atom. The molecule has 120 valence electrons. The third-order valence-corrected chi connectivity index (χ3v) is 3.98. The molecule has 1 aliphatic heterocycles. The SMILES string of the molecule is COc1cccc(C(C(=O)O)N2CCCN(C(C)=O)CC2)c1. The minimum Gasteiger partial charge on any atom is -0.497 e. The van der Waals surface area contributed by atoms with Crippen LogP contribution in [0.2, 0.25) is 0 Å². The lowest BCUT2D eigenvalue weighted by Gasteiger charge is -2.28. The van der Waals surface area contributed by atoms with Gasteiger partial charge in [0.15, 0.2) is 0 Å². The number of carboxylic acids is 1. The minimum atomic E-state index is -0.885. The first-order valence-corrected chi connectivity index (χ1v) is 7.39. The lowest BCUT2D eigenvalue weighted by atomic mass is 10.0. The second-order valence-electron chi connectivity index (χ2n) is 5.41. The van der Waals surface area contributed by atoms with Crippen molar-refractivity contribution in [2.24, 2.45) is 0 Å². The van der Waals surface area contributed by atoms with Gasteiger partial charge in [-0.25, -0.2) is 0 Å². The maximum atomic E-state index is 11.8. The van der Waals surface area contributed by atoms with Crippen LogP contribution in [0, 0.1) is 0 Å². The first kappa shape index (κ1) is 16.3. The molecule has 1 unspecified atom stereocenters. The van der Waals surface area contributed by atoms with E-state index < -0.39 is 12.0 Å². The van der Waals surface area contributed by atoms with Crippen LogP contribution in [0.25, 0.3) is 0 Å². The molecule has 1 atom stereocenters. The molecule has 22 heavy (non-hydrogen) atoms. The van der Waals surface area contributed by atoms with E-state index in [0.29, 0.717) is 37.5 Å². The Hall–Kier alpha value is -2.08. The van der Waals surface area contributed by atoms with E-state index in [1.165, 1.54) is 0 Å². The Labute approximate surface area is 130 Å². The lowest BCUT2D eigenvalue weighted by molar-refractivity contribution is -0.143. The third kappa shape index (κ3) is 3.76. The Kier molecular flexibility index (Phi) is 5.38. The summed E-state index contributed by atoms with van der Waals surface area (Å²) in [5, 5.41) is 9.65. The molecule has 6 heteroatoms. The molecule has 1 saturated heterocycles. The van der Waals surface area contributed by atoms with Gasteiger partial charge in [0.2, 0.25) is 5.91 Å². The number of amides is 1. The lowest BCUT2D eigenvalue weighted by Crippen LogP contribution is -2.38. The summed E-state index contributed by atoms with van der Waals surface area (Å²) in [6.07, 6.45) is 0.771. The van der Waals surface area contributed by atoms with E-state index in [0.717, 1.165) is 6.42 Å². The summed E-state index contributed by atoms with van der Waals surface area (Å²) in [5.41, 5.74) is 0.697. The van der Waals surface area contributed by atoms with Crippen molar-refractivity contribution in [2.45, 2.75) is 19.4 Å². The molecule has 6 nitrogen and oxygen atoms in total. The van der Waals surface area contributed by atoms with Crippen LogP contribution in [0.4, 0.5) is 0 Å². The van der Waals surface area contributed by atoms with Crippen LogP contribution < -0.4 is 4.74 Å². The van der Waals surface area contributed by atoms with E-state index in [1.807, 2.05) is 4.90 Å². The van der Waals surface area contributed by atoms with Crippen LogP contribution in [0.5, 0.6) is 5.75 Å². The molecular weight excluding hydrogens is 284 g/mol. The predicted octanol–water partition coefficient (Wildman–Crippen LogP) is 1.38. The molecule has 1 aromatic rings. The molecule has 0 saturated carbocycles. The van der Waals surface area contributed by atoms with Crippen molar-refractivity contribution in [1.82, 2.24) is 9.80 Å². The normalized spacial score (nSPS) is 17.6. The van der Waals surface area contributed by atoms with Crippen molar-refractivity contribution in [3.63, 3.8) is 0 Å². The van der Waals surface area contributed by atoms with Crippen LogP contribution in [0.3, 0.4) is 0 Å². The van der Waals surface area contributed by atoms with Crippen LogP contribution >= 0.6 is 0 Å². The number of aliphatic carboxylic acids is 1. The first-order valence-electron chi connectivity index (χ1n) is 7.39. The topological polar surface area (TPSA) is 70.1 Å². The molecule has 0 spiro atoms. The maximum absolute atomic E-state index is 11.8. The van der Waals surface area contributed by atoms with Gasteiger partial charge >= 0.3 is 5.97 Å². The van der Waals surface area contributed by atoms with Gasteiger partial charge in [-0.2, -0.15) is 0 Å². The van der Waals surface area contributed by atoms with Crippen molar-refractivity contribution in [2.75, 3.05) is 33.3 Å². The third-order valence-electron chi connectivity index (χ3n) is 3.98. The Bertz CT molecular complexity index is 547. The molecule has 0 radical (unpaired) electrons. The van der Waals surface area contributed by atoms with Gasteiger partial charge in [-0.3, -0.25) is 14.5 Å². The molecule has 1 N–H and O–H groups in total. The molecule has 1 aliphatic rings. The summed E-state index contributed by atoms with van der Waals surface area (Å²) in [6, 6.07) is 6.43. The van der Waals surface area contributed by atoms with E-state index in [1.54, 1.807) is 43.2 Å². The molecule has 1 amide bonds. The number of hydrogen-bond acceptors (Lipinski definition) is 4. The van der Waals surface area contributed by atoms with Crippen LogP contribution in [0.1, 0.15) is 24.9 Å². The number of carbonyl (C=O) groups is 2. The first-order chi connectivity index (χ1) is 10.5. The molecular formula is C16H22N2O4. The summed E-state index contributed by atoms with van der Waals surface area (Å²) in [6.45, 7) is 3.98. The summed E-state index contributed by atoms with van der Waals surface area (Å²) >= 11 is 0. The summed E-state index contributed by atoms with van der Waals surface area (Å²) in [5.74, 6) is -0.205. The largest absolute Gasteiger partial charge is 0.497 e. The zero-order valence-corrected chi connectivity index (χ0v) is 13.0. The van der Waals surface area contributed by atoms with Gasteiger partial charge in [-0.05, 0) is 24.1 Å². The Balaban J connectivity index is 2.20. The average molecular weight is 306 g/mol. The molecule has 1 aromatic carbocycles. The quantitative estimate of drug-likeness (QED) is 0.910. The zero-order chi connectivity index (χ0) is 16.1. The number of benzene rings is 1. The monoisotopic (exact) mass is 306 g/mol. The average Bonchev–Trinajstić information content (AvgIpc) is 2.73. The van der Waals surface area contributed by atoms with Gasteiger partial charge in [0.05, 0.1) is 7.11 Å². The van der Waals surface area contributed by atoms with Crippen LogP contribution in [-0.2, 0) is 9.59 Å². The Morgan fingerprint density at radius 2 is 2.00 bits per heavy atom. The van der Waals surface area contributed by atoms with Gasteiger partial charge < -0.3 is 14.7 Å². The van der Waals surface area contributed by atoms with Crippen molar-refractivity contribution < 1.29 is 19.4 Å². The number of hydrogen-bond donors (Lipinski definition) is 1. The molecule has 1 heterocycles. The van der Waals surface area contributed by atoms with Crippen molar-refractivity contribution >= 4 is 11.9 Å². The summed E-state index contributed by atoms with van der Waals surface area (Å²) in [4.78, 5) is 26.9. The summed E-state index contributed by atoms with van der Waals surface area (Å²) in [7, 11) is 1.56. The molecule has 0 aromatic heterocycles. The van der Waals surface area contributed by atoms with Gasteiger partial charge in [-0.15, -0.1) is 0 Å². The molecule has 0 aliphatic carbocycles. The smallest absolute Gasteiger partial charge is 0.325 e. The highest BCUT2D eigenvalue weighted by atomic mass is 16.5. The fourth-order valence-electron chi connectivity index (χ4n) is 2.83. The zero-order valence-electron chi connectivity index (χ0n) is 13.0. The van der Waals surface area contributed by atoms with Crippen LogP contribution in [0.15, 0.2) is 24.3 Å². The molecule has 2 rings (SSSR count). The van der Waals surface area contributed by atoms with Crippen molar-refractivity contribution in [3.8, 4) is 5.75 Å². The van der Waals surface area contributed by atoms with Crippen molar-refractivity contribution in [3.05, 3.63) is 29.8 Å². The second kappa shape index (κ2) is 7.26. The van der Waals surface area contributed by atoms with E-state index in [9.17, 15) is 14.7 Å². The fraction of sp³-hybridized carbons (Fsp3) is 0.500. The highest BCUT2D eigenvalue weighted by Gasteiger charge is 2.29. The van der Waals surface area contributed by atoms with Gasteiger partial charge in [0.25, 0.3) is 0 Å². The van der Waals surface area contributed by atoms with Gasteiger partial charge in [0, 0.05) is 33.1 Å². The van der Waals surface area contributed by atoms with Gasteiger partial charge in [0.1, 0.15) is 11.8 Å². The predicted molar refractivity (Wildman–Crippen MR) is 81.8 cm³/mol. The number of carbonyl (C=O) groups excluding carboxylic acids is 1. The Morgan fingerprint density at radius 1 is 1.23 bits per heavy atom. The maximum Gasteiger partial charge on any atom is 0.325 e. The standard InChI is InChI=1S/C16H22N2O4/c1-12(19)17-7-4-8-18(10-9-17)15(16(20)21)13-5-3-6-14(11-13)22-2/h3,5-6,11,15H,4,7-10H2,1-2H3,(H,20,21). The van der Waals surface area contributed by atoms with E-state index >= 15 is 0 Å². The number of methoxy groups -OCH3 is 1. The summed E-state index contributed by atoms with van der Waals surface area (Å²) < 4.78 is 5.18. The fourth-order valence-corrected chi connectivity index (χ4v) is 2.83. The van der Waals surface area contributed by atoms with E-state index in [4.69, 9.17) is 4.74 Å². The number of carboxylic acid groups (broad SMARTS) is 1. The highest BCUT2D eigenvalue weighted by molar-refractivity contribution is 5.76. The van der Waals surface area contributed by atoms with Crippen molar-refractivity contribution in [1.29, 1.82) is 0 Å². The highest BCUT2D eigenvalue weighted by Crippen LogP contribution is 2.25. The van der Waals surface area contributed by atoms with E-state index in [2.05, 4.69) is 0 Å². The molecule has 1 fully saturated rings. The number of nitrogens with zero attached hydrogens (tertiary/aromatic N) is 2. The van der Waals surface area contributed by atoms with E-state index in [-0.39, 0.29) is 5.91 Å². The second-order valence-corrected chi connectivity index (χ2v) is 5.41. The molecule has 0 bridgehead atoms. The number of rotatable bonds is 4.